The summed E-state index contributed by atoms with van der Waals surface area (Å²) in [4.78, 5) is 8.09. The molecule has 1 aromatic rings. The molecule has 1 aromatic heterocycles. The van der Waals surface area contributed by atoms with Crippen molar-refractivity contribution in [1.29, 1.82) is 0 Å². The zero-order valence-corrected chi connectivity index (χ0v) is 7.47. The number of thioether (sulfide) groups is 1. The van der Waals surface area contributed by atoms with Crippen LogP contribution in [-0.4, -0.2) is 15.7 Å². The molecule has 0 spiro atoms. The molecule has 0 saturated heterocycles. The Hall–Kier alpha value is -0.610. The van der Waals surface area contributed by atoms with Gasteiger partial charge in [0.2, 0.25) is 0 Å². The van der Waals surface area contributed by atoms with E-state index in [2.05, 4.69) is 16.9 Å². The summed E-state index contributed by atoms with van der Waals surface area (Å²) in [5.41, 5.74) is 1.06. The second-order valence-electron chi connectivity index (χ2n) is 1.83. The molecule has 0 bridgehead atoms. The maximum Gasteiger partial charge on any atom is 0.0685 e. The first-order chi connectivity index (χ1) is 4.93. The molecular weight excluding hydrogens is 158 g/mol. The molecule has 1 heterocycles. The van der Waals surface area contributed by atoms with Crippen LogP contribution in [0.1, 0.15) is 12.6 Å². The van der Waals surface area contributed by atoms with Crippen LogP contribution >= 0.6 is 11.8 Å². The van der Waals surface area contributed by atoms with Crippen molar-refractivity contribution in [2.45, 2.75) is 12.7 Å². The van der Waals surface area contributed by atoms with Gasteiger partial charge in [0.05, 0.1) is 5.69 Å². The maximum absolute atomic E-state index is 4.13. The van der Waals surface area contributed by atoms with Crippen molar-refractivity contribution in [3.63, 3.8) is 0 Å². The fourth-order valence-corrected chi connectivity index (χ4v) is 1.17. The Labute approximate surface area is 71.2 Å². The Morgan fingerprint density at radius 1 is 1.45 bits per heavy atom. The minimum atomic E-state index is 0. The Morgan fingerprint density at radius 2 is 2.27 bits per heavy atom. The number of hydrogen-bond acceptors (Lipinski definition) is 4. The van der Waals surface area contributed by atoms with E-state index in [0.29, 0.717) is 0 Å². The first-order valence-corrected chi connectivity index (χ1v) is 4.41. The largest absolute Gasteiger partial charge is 0.344 e. The van der Waals surface area contributed by atoms with E-state index >= 15 is 0 Å². The number of nitrogens with zero attached hydrogens (tertiary/aromatic N) is 2. The third-order valence-electron chi connectivity index (χ3n) is 1.07. The van der Waals surface area contributed by atoms with Crippen LogP contribution in [0.2, 0.25) is 0 Å². The first-order valence-electron chi connectivity index (χ1n) is 3.26. The van der Waals surface area contributed by atoms with E-state index in [1.54, 1.807) is 12.4 Å². The lowest BCUT2D eigenvalue weighted by Gasteiger charge is -1.94. The van der Waals surface area contributed by atoms with Crippen LogP contribution in [0.3, 0.4) is 0 Å². The fourth-order valence-electron chi connectivity index (χ4n) is 0.611. The van der Waals surface area contributed by atoms with E-state index < -0.39 is 0 Å². The Kier molecular flexibility index (Phi) is 5.78. The minimum absolute atomic E-state index is 0. The molecule has 3 N–H and O–H groups in total. The van der Waals surface area contributed by atoms with Crippen LogP contribution in [0.15, 0.2) is 18.6 Å². The summed E-state index contributed by atoms with van der Waals surface area (Å²) in [6, 6.07) is 0. The molecule has 4 heteroatoms. The van der Waals surface area contributed by atoms with Crippen LogP contribution in [0.25, 0.3) is 0 Å². The summed E-state index contributed by atoms with van der Waals surface area (Å²) >= 11 is 1.86. The van der Waals surface area contributed by atoms with Gasteiger partial charge in [0.25, 0.3) is 0 Å². The highest BCUT2D eigenvalue weighted by atomic mass is 32.2. The van der Waals surface area contributed by atoms with Gasteiger partial charge in [-0.15, -0.1) is 0 Å². The van der Waals surface area contributed by atoms with Crippen molar-refractivity contribution in [3.8, 4) is 0 Å². The van der Waals surface area contributed by atoms with E-state index in [0.717, 1.165) is 17.2 Å². The summed E-state index contributed by atoms with van der Waals surface area (Å²) in [6.07, 6.45) is 5.23. The van der Waals surface area contributed by atoms with Gasteiger partial charge in [-0.3, -0.25) is 9.97 Å². The molecule has 0 aliphatic heterocycles. The van der Waals surface area contributed by atoms with Crippen molar-refractivity contribution in [1.82, 2.24) is 16.1 Å². The highest BCUT2D eigenvalue weighted by Crippen LogP contribution is 2.06. The lowest BCUT2D eigenvalue weighted by Crippen LogP contribution is -1.86. The molecule has 1 rings (SSSR count). The molecule has 0 aliphatic carbocycles. The van der Waals surface area contributed by atoms with Crippen molar-refractivity contribution >= 4 is 11.8 Å². The maximum atomic E-state index is 4.13. The summed E-state index contributed by atoms with van der Waals surface area (Å²) in [5, 5.41) is 0. The summed E-state index contributed by atoms with van der Waals surface area (Å²) < 4.78 is 0. The average molecular weight is 171 g/mol. The molecular formula is C7H13N3S. The van der Waals surface area contributed by atoms with Crippen molar-refractivity contribution in [2.24, 2.45) is 0 Å². The average Bonchev–Trinajstić information content (AvgIpc) is 2.03. The van der Waals surface area contributed by atoms with Gasteiger partial charge in [-0.05, 0) is 5.75 Å². The second-order valence-corrected chi connectivity index (χ2v) is 3.11. The minimum Gasteiger partial charge on any atom is -0.344 e. The molecule has 0 radical (unpaired) electrons. The van der Waals surface area contributed by atoms with E-state index in [-0.39, 0.29) is 6.15 Å². The van der Waals surface area contributed by atoms with Crippen LogP contribution in [0, 0.1) is 0 Å². The molecule has 0 atom stereocenters. The molecule has 3 nitrogen and oxygen atoms in total. The van der Waals surface area contributed by atoms with Gasteiger partial charge in [-0.25, -0.2) is 0 Å². The van der Waals surface area contributed by atoms with Gasteiger partial charge in [0, 0.05) is 24.3 Å². The summed E-state index contributed by atoms with van der Waals surface area (Å²) in [7, 11) is 0. The van der Waals surface area contributed by atoms with Crippen LogP contribution in [0.4, 0.5) is 0 Å². The van der Waals surface area contributed by atoms with Crippen molar-refractivity contribution < 1.29 is 0 Å². The van der Waals surface area contributed by atoms with Gasteiger partial charge in [-0.2, -0.15) is 11.8 Å². The SMILES string of the molecule is CCSCc1cnccn1.N. The zero-order valence-electron chi connectivity index (χ0n) is 6.66. The van der Waals surface area contributed by atoms with Gasteiger partial charge < -0.3 is 6.15 Å². The summed E-state index contributed by atoms with van der Waals surface area (Å²) in [5.74, 6) is 2.11. The van der Waals surface area contributed by atoms with Gasteiger partial charge >= 0.3 is 0 Å². The van der Waals surface area contributed by atoms with Crippen LogP contribution in [-0.2, 0) is 5.75 Å². The molecule has 0 unspecified atom stereocenters. The molecule has 0 aromatic carbocycles. The highest BCUT2D eigenvalue weighted by Gasteiger charge is 1.90. The zero-order chi connectivity index (χ0) is 7.23. The lowest BCUT2D eigenvalue weighted by atomic mass is 10.5. The number of rotatable bonds is 3. The smallest absolute Gasteiger partial charge is 0.0685 e. The lowest BCUT2D eigenvalue weighted by molar-refractivity contribution is 1.10. The van der Waals surface area contributed by atoms with Gasteiger partial charge in [0.1, 0.15) is 0 Å². The molecule has 62 valence electrons. The van der Waals surface area contributed by atoms with Crippen molar-refractivity contribution in [3.05, 3.63) is 24.3 Å². The standard InChI is InChI=1S/C7H10N2S.H3N/c1-2-10-6-7-5-8-3-4-9-7;/h3-5H,2,6H2,1H3;1H3. The Morgan fingerprint density at radius 3 is 2.82 bits per heavy atom. The van der Waals surface area contributed by atoms with Gasteiger partial charge in [-0.1, -0.05) is 6.92 Å². The van der Waals surface area contributed by atoms with E-state index in [4.69, 9.17) is 0 Å². The monoisotopic (exact) mass is 171 g/mol. The molecule has 0 fully saturated rings. The third-order valence-corrected chi connectivity index (χ3v) is 1.98. The highest BCUT2D eigenvalue weighted by molar-refractivity contribution is 7.98. The predicted molar refractivity (Wildman–Crippen MR) is 48.9 cm³/mol. The van der Waals surface area contributed by atoms with Gasteiger partial charge in [0.15, 0.2) is 0 Å². The quantitative estimate of drug-likeness (QED) is 0.754. The molecule has 0 aliphatic rings. The number of aromatic nitrogens is 2. The van der Waals surface area contributed by atoms with Crippen molar-refractivity contribution in [2.75, 3.05) is 5.75 Å². The van der Waals surface area contributed by atoms with Crippen LogP contribution in [0.5, 0.6) is 0 Å². The molecule has 0 saturated carbocycles. The van der Waals surface area contributed by atoms with Crippen LogP contribution < -0.4 is 6.15 Å². The first kappa shape index (κ1) is 10.4. The van der Waals surface area contributed by atoms with E-state index in [1.165, 1.54) is 0 Å². The van der Waals surface area contributed by atoms with E-state index in [9.17, 15) is 0 Å². The Balaban J connectivity index is 0.000001000. The molecule has 11 heavy (non-hydrogen) atoms. The number of hydrogen-bond donors (Lipinski definition) is 1. The predicted octanol–water partition coefficient (Wildman–Crippen LogP) is 1.89. The second kappa shape index (κ2) is 6.12. The molecule has 0 amide bonds. The fraction of sp³-hybridized carbons (Fsp3) is 0.429. The van der Waals surface area contributed by atoms with E-state index in [1.807, 2.05) is 18.0 Å². The topological polar surface area (TPSA) is 60.8 Å². The normalized spacial score (nSPS) is 8.82. The summed E-state index contributed by atoms with van der Waals surface area (Å²) in [6.45, 7) is 2.14. The third kappa shape index (κ3) is 3.95. The Bertz CT molecular complexity index is 178.